The maximum absolute atomic E-state index is 12.8. The predicted molar refractivity (Wildman–Crippen MR) is 137 cm³/mol. The fourth-order valence-electron chi connectivity index (χ4n) is 4.29. The zero-order chi connectivity index (χ0) is 26.6. The molecule has 1 N–H and O–H groups in total. The molecule has 194 valence electrons. The van der Waals surface area contributed by atoms with Crippen LogP contribution in [0.3, 0.4) is 0 Å². The summed E-state index contributed by atoms with van der Waals surface area (Å²) in [4.78, 5) is 34.6. The second kappa shape index (κ2) is 10.9. The molecule has 1 aliphatic rings. The van der Waals surface area contributed by atoms with E-state index in [-0.39, 0.29) is 24.8 Å². The monoisotopic (exact) mass is 504 g/mol. The third-order valence-corrected chi connectivity index (χ3v) is 6.01. The summed E-state index contributed by atoms with van der Waals surface area (Å²) in [5.74, 6) is 0.407. The average molecular weight is 505 g/mol. The van der Waals surface area contributed by atoms with Gasteiger partial charge in [-0.05, 0) is 63.6 Å². The van der Waals surface area contributed by atoms with E-state index in [1.54, 1.807) is 30.0 Å². The minimum Gasteiger partial charge on any atom is -0.489 e. The standard InChI is InChI=1S/C28H32N4O5/c1-5-35-26(33)22(15-25-30-23-11-6-18(16-29)14-24(23)31-25)19-7-9-20(10-8-19)36-21-12-13-32(17-21)27(34)37-28(2,3)4/h6-11,14,21-22H,5,12-13,15,17H2,1-4H3,(H,30,31)/t21-,22?/m0/s1. The molecule has 0 spiro atoms. The summed E-state index contributed by atoms with van der Waals surface area (Å²) >= 11 is 0. The lowest BCUT2D eigenvalue weighted by Crippen LogP contribution is -2.36. The summed E-state index contributed by atoms with van der Waals surface area (Å²) in [6, 6.07) is 14.7. The number of nitriles is 1. The van der Waals surface area contributed by atoms with E-state index in [1.807, 2.05) is 45.0 Å². The Morgan fingerprint density at radius 1 is 1.22 bits per heavy atom. The molecule has 1 saturated heterocycles. The molecule has 1 unspecified atom stereocenters. The molecule has 37 heavy (non-hydrogen) atoms. The molecule has 1 aromatic heterocycles. The third-order valence-electron chi connectivity index (χ3n) is 6.01. The molecule has 1 fully saturated rings. The van der Waals surface area contributed by atoms with Crippen LogP contribution in [-0.2, 0) is 20.7 Å². The topological polar surface area (TPSA) is 118 Å². The fourth-order valence-corrected chi connectivity index (χ4v) is 4.29. The van der Waals surface area contributed by atoms with E-state index in [2.05, 4.69) is 16.0 Å². The number of fused-ring (bicyclic) bond motifs is 1. The minimum absolute atomic E-state index is 0.131. The van der Waals surface area contributed by atoms with Crippen molar-refractivity contribution in [2.75, 3.05) is 19.7 Å². The molecule has 2 atom stereocenters. The Bertz CT molecular complexity index is 1300. The zero-order valence-corrected chi connectivity index (χ0v) is 21.6. The van der Waals surface area contributed by atoms with Gasteiger partial charge < -0.3 is 24.1 Å². The number of rotatable bonds is 7. The van der Waals surface area contributed by atoms with Gasteiger partial charge in [-0.3, -0.25) is 4.79 Å². The molecular weight excluding hydrogens is 472 g/mol. The summed E-state index contributed by atoms with van der Waals surface area (Å²) in [6.07, 6.45) is 0.573. The number of nitrogens with one attached hydrogen (secondary N) is 1. The molecule has 9 heteroatoms. The van der Waals surface area contributed by atoms with Crippen molar-refractivity contribution >= 4 is 23.1 Å². The number of aromatic nitrogens is 2. The number of imidazole rings is 1. The fraction of sp³-hybridized carbons (Fsp3) is 0.429. The number of carbonyl (C=O) groups is 2. The summed E-state index contributed by atoms with van der Waals surface area (Å²) in [6.45, 7) is 8.63. The maximum Gasteiger partial charge on any atom is 0.410 e. The highest BCUT2D eigenvalue weighted by Gasteiger charge is 2.31. The van der Waals surface area contributed by atoms with Crippen molar-refractivity contribution < 1.29 is 23.8 Å². The zero-order valence-electron chi connectivity index (χ0n) is 21.6. The van der Waals surface area contributed by atoms with Crippen LogP contribution in [0.5, 0.6) is 5.75 Å². The largest absolute Gasteiger partial charge is 0.489 e. The van der Waals surface area contributed by atoms with Crippen LogP contribution in [0, 0.1) is 11.3 Å². The quantitative estimate of drug-likeness (QED) is 0.463. The number of ether oxygens (including phenoxy) is 3. The lowest BCUT2D eigenvalue weighted by atomic mass is 9.95. The van der Waals surface area contributed by atoms with E-state index in [9.17, 15) is 9.59 Å². The van der Waals surface area contributed by atoms with Crippen LogP contribution in [0.25, 0.3) is 11.0 Å². The Morgan fingerprint density at radius 3 is 2.65 bits per heavy atom. The molecule has 4 rings (SSSR count). The second-order valence-corrected chi connectivity index (χ2v) is 10.1. The van der Waals surface area contributed by atoms with Crippen molar-refractivity contribution in [2.24, 2.45) is 0 Å². The van der Waals surface area contributed by atoms with Crippen LogP contribution in [0.1, 0.15) is 57.0 Å². The van der Waals surface area contributed by atoms with Gasteiger partial charge in [-0.1, -0.05) is 12.1 Å². The molecule has 1 amide bonds. The van der Waals surface area contributed by atoms with Crippen LogP contribution in [-0.4, -0.2) is 58.3 Å². The number of hydrogen-bond donors (Lipinski definition) is 1. The first-order chi connectivity index (χ1) is 17.6. The van der Waals surface area contributed by atoms with Gasteiger partial charge in [0.15, 0.2) is 0 Å². The van der Waals surface area contributed by atoms with Crippen LogP contribution >= 0.6 is 0 Å². The third kappa shape index (κ3) is 6.58. The second-order valence-electron chi connectivity index (χ2n) is 10.1. The smallest absolute Gasteiger partial charge is 0.410 e. The van der Waals surface area contributed by atoms with Gasteiger partial charge in [-0.15, -0.1) is 0 Å². The molecule has 0 bridgehead atoms. The number of benzene rings is 2. The number of H-pyrrole nitrogens is 1. The highest BCUT2D eigenvalue weighted by Crippen LogP contribution is 2.27. The van der Waals surface area contributed by atoms with Crippen molar-refractivity contribution in [3.63, 3.8) is 0 Å². The van der Waals surface area contributed by atoms with Crippen LogP contribution in [0.2, 0.25) is 0 Å². The number of amides is 1. The van der Waals surface area contributed by atoms with Crippen molar-refractivity contribution in [2.45, 2.75) is 58.2 Å². The van der Waals surface area contributed by atoms with Gasteiger partial charge in [0, 0.05) is 19.4 Å². The van der Waals surface area contributed by atoms with Crippen LogP contribution in [0.4, 0.5) is 4.79 Å². The summed E-state index contributed by atoms with van der Waals surface area (Å²) in [5.41, 5.74) is 2.26. The number of esters is 1. The highest BCUT2D eigenvalue weighted by molar-refractivity contribution is 5.80. The van der Waals surface area contributed by atoms with E-state index in [0.717, 1.165) is 16.6 Å². The summed E-state index contributed by atoms with van der Waals surface area (Å²) in [7, 11) is 0. The van der Waals surface area contributed by atoms with Gasteiger partial charge in [0.1, 0.15) is 23.3 Å². The first kappa shape index (κ1) is 26.0. The minimum atomic E-state index is -0.556. The maximum atomic E-state index is 12.8. The molecule has 0 saturated carbocycles. The van der Waals surface area contributed by atoms with Gasteiger partial charge >= 0.3 is 12.1 Å². The first-order valence-corrected chi connectivity index (χ1v) is 12.4. The Hall–Kier alpha value is -4.06. The Labute approximate surface area is 216 Å². The molecule has 3 aromatic rings. The van der Waals surface area contributed by atoms with E-state index in [1.165, 1.54) is 0 Å². The Morgan fingerprint density at radius 2 is 1.97 bits per heavy atom. The Kier molecular flexibility index (Phi) is 7.67. The lowest BCUT2D eigenvalue weighted by molar-refractivity contribution is -0.145. The van der Waals surface area contributed by atoms with E-state index in [0.29, 0.717) is 43.1 Å². The molecule has 1 aliphatic heterocycles. The summed E-state index contributed by atoms with van der Waals surface area (Å²) in [5, 5.41) is 9.14. The average Bonchev–Trinajstić information content (AvgIpc) is 3.48. The van der Waals surface area contributed by atoms with Crippen molar-refractivity contribution in [1.29, 1.82) is 5.26 Å². The van der Waals surface area contributed by atoms with Gasteiger partial charge in [0.2, 0.25) is 0 Å². The molecule has 9 nitrogen and oxygen atoms in total. The first-order valence-electron chi connectivity index (χ1n) is 12.4. The summed E-state index contributed by atoms with van der Waals surface area (Å²) < 4.78 is 16.9. The Balaban J connectivity index is 1.44. The number of nitrogens with zero attached hydrogens (tertiary/aromatic N) is 3. The van der Waals surface area contributed by atoms with Crippen LogP contribution in [0.15, 0.2) is 42.5 Å². The normalized spacial score (nSPS) is 16.3. The van der Waals surface area contributed by atoms with E-state index < -0.39 is 11.5 Å². The number of carbonyl (C=O) groups excluding carboxylic acids is 2. The van der Waals surface area contributed by atoms with Gasteiger partial charge in [-0.25, -0.2) is 9.78 Å². The van der Waals surface area contributed by atoms with Crippen molar-refractivity contribution in [1.82, 2.24) is 14.9 Å². The highest BCUT2D eigenvalue weighted by atomic mass is 16.6. The number of likely N-dealkylation sites (tertiary alicyclic amines) is 1. The van der Waals surface area contributed by atoms with E-state index >= 15 is 0 Å². The molecule has 2 heterocycles. The SMILES string of the molecule is CCOC(=O)C(Cc1nc2ccc(C#N)cc2[nH]1)c1ccc(O[C@H]2CCN(C(=O)OC(C)(C)C)C2)cc1. The number of hydrogen-bond acceptors (Lipinski definition) is 7. The van der Waals surface area contributed by atoms with Crippen molar-refractivity contribution in [3.8, 4) is 11.8 Å². The van der Waals surface area contributed by atoms with Crippen molar-refractivity contribution in [3.05, 3.63) is 59.4 Å². The van der Waals surface area contributed by atoms with Gasteiger partial charge in [0.05, 0.1) is 41.7 Å². The van der Waals surface area contributed by atoms with Gasteiger partial charge in [0.25, 0.3) is 0 Å². The lowest BCUT2D eigenvalue weighted by Gasteiger charge is -2.24. The molecular formula is C28H32N4O5. The van der Waals surface area contributed by atoms with E-state index in [4.69, 9.17) is 19.5 Å². The molecule has 2 aromatic carbocycles. The molecule has 0 aliphatic carbocycles. The van der Waals surface area contributed by atoms with Gasteiger partial charge in [-0.2, -0.15) is 5.26 Å². The number of aromatic amines is 1. The molecule has 0 radical (unpaired) electrons. The van der Waals surface area contributed by atoms with Crippen LogP contribution < -0.4 is 4.74 Å². The predicted octanol–water partition coefficient (Wildman–Crippen LogP) is 4.71.